The first-order valence-corrected chi connectivity index (χ1v) is 21.6. The van der Waals surface area contributed by atoms with Crippen LogP contribution in [0.15, 0.2) is 47.6 Å². The van der Waals surface area contributed by atoms with Gasteiger partial charge in [0.1, 0.15) is 17.5 Å². The second-order valence-electron chi connectivity index (χ2n) is 17.9. The Labute approximate surface area is 323 Å². The number of aryl methyl sites for hydroxylation is 2. The first-order valence-electron chi connectivity index (χ1n) is 20.2. The van der Waals surface area contributed by atoms with E-state index >= 15 is 0 Å². The molecule has 3 heterocycles. The first-order chi connectivity index (χ1) is 25.5. The van der Waals surface area contributed by atoms with Crippen molar-refractivity contribution in [3.8, 4) is 0 Å². The lowest BCUT2D eigenvalue weighted by atomic mass is 9.88. The van der Waals surface area contributed by atoms with Gasteiger partial charge in [0.15, 0.2) is 5.03 Å². The Balaban J connectivity index is 0.000000197. The maximum absolute atomic E-state index is 13.2. The van der Waals surface area contributed by atoms with Gasteiger partial charge in [0.2, 0.25) is 0 Å². The van der Waals surface area contributed by atoms with E-state index in [0.717, 1.165) is 47.1 Å². The molecule has 294 valence electrons. The van der Waals surface area contributed by atoms with Crippen molar-refractivity contribution < 1.29 is 8.42 Å². The summed E-state index contributed by atoms with van der Waals surface area (Å²) in [6, 6.07) is 12.3. The molecular weight excluding hydrogens is 693 g/mol. The van der Waals surface area contributed by atoms with Crippen LogP contribution in [-0.2, 0) is 41.0 Å². The van der Waals surface area contributed by atoms with E-state index < -0.39 is 10.0 Å². The number of rotatable bonds is 8. The van der Waals surface area contributed by atoms with Crippen LogP contribution in [0.25, 0.3) is 22.1 Å². The Kier molecular flexibility index (Phi) is 11.6. The van der Waals surface area contributed by atoms with Gasteiger partial charge in [0.25, 0.3) is 10.0 Å². The third kappa shape index (κ3) is 8.51. The maximum atomic E-state index is 13.2. The fraction of sp³-hybridized carbons (Fsp3) is 0.605. The molecule has 2 aliphatic carbocycles. The molecule has 0 saturated heterocycles. The number of nitrogens with one attached hydrogen (secondary N) is 1. The standard InChI is InChI=1S/C24H35N5O2S.C19H29N3/c1-17-25-22(16-27(17)5)32(30,31)28(6)19-12-13-21-20(14-19)26-23(24(2,3)4)29(21)15-18-10-8-7-9-11-18;1-19(2,3)18-21-16-12-15(20-4)10-11-17(16)22(18)13-14-8-6-5-7-9-14/h12-14,16,18H,7-11,15H2,1-6H3;10-12,14,20H,5-9,13H2,1-4H3. The van der Waals surface area contributed by atoms with E-state index in [0.29, 0.717) is 17.4 Å². The fourth-order valence-corrected chi connectivity index (χ4v) is 9.51. The molecule has 0 spiro atoms. The minimum absolute atomic E-state index is 0.0540. The lowest BCUT2D eigenvalue weighted by molar-refractivity contribution is 0.313. The Morgan fingerprint density at radius 3 is 1.67 bits per heavy atom. The van der Waals surface area contributed by atoms with Crippen LogP contribution < -0.4 is 9.62 Å². The second kappa shape index (κ2) is 15.7. The quantitative estimate of drug-likeness (QED) is 0.169. The molecule has 0 radical (unpaired) electrons. The van der Waals surface area contributed by atoms with Crippen molar-refractivity contribution >= 4 is 43.5 Å². The van der Waals surface area contributed by atoms with E-state index in [1.807, 2.05) is 25.2 Å². The predicted octanol–water partition coefficient (Wildman–Crippen LogP) is 9.74. The summed E-state index contributed by atoms with van der Waals surface area (Å²) in [6.45, 7) is 17.3. The van der Waals surface area contributed by atoms with Crippen LogP contribution in [0.4, 0.5) is 11.4 Å². The lowest BCUT2D eigenvalue weighted by Gasteiger charge is -2.26. The summed E-state index contributed by atoms with van der Waals surface area (Å²) in [5.41, 5.74) is 6.01. The molecule has 0 bridgehead atoms. The molecule has 11 heteroatoms. The molecule has 5 aromatic rings. The zero-order chi connectivity index (χ0) is 39.0. The van der Waals surface area contributed by atoms with Crippen molar-refractivity contribution in [2.75, 3.05) is 23.7 Å². The number of fused-ring (bicyclic) bond motifs is 2. The van der Waals surface area contributed by atoms with Gasteiger partial charge in [-0.3, -0.25) is 4.31 Å². The Bertz CT molecular complexity index is 2150. The van der Waals surface area contributed by atoms with Crippen LogP contribution in [0.3, 0.4) is 0 Å². The molecule has 54 heavy (non-hydrogen) atoms. The van der Waals surface area contributed by atoms with Gasteiger partial charge in [-0.1, -0.05) is 80.1 Å². The Hall–Kier alpha value is -3.86. The highest BCUT2D eigenvalue weighted by molar-refractivity contribution is 7.92. The van der Waals surface area contributed by atoms with Gasteiger partial charge < -0.3 is 19.0 Å². The minimum Gasteiger partial charge on any atom is -0.388 e. The van der Waals surface area contributed by atoms with Crippen LogP contribution in [-0.4, -0.2) is 51.2 Å². The van der Waals surface area contributed by atoms with Crippen LogP contribution in [0.1, 0.15) is 123 Å². The number of nitrogens with zero attached hydrogens (tertiary/aromatic N) is 7. The van der Waals surface area contributed by atoms with Crippen molar-refractivity contribution in [2.24, 2.45) is 18.9 Å². The van der Waals surface area contributed by atoms with Crippen molar-refractivity contribution in [3.05, 3.63) is 60.1 Å². The van der Waals surface area contributed by atoms with Gasteiger partial charge in [-0.15, -0.1) is 0 Å². The van der Waals surface area contributed by atoms with E-state index in [2.05, 4.69) is 79.2 Å². The molecular formula is C43H64N8O2S. The Morgan fingerprint density at radius 1 is 0.741 bits per heavy atom. The summed E-state index contributed by atoms with van der Waals surface area (Å²) >= 11 is 0. The smallest absolute Gasteiger partial charge is 0.283 e. The van der Waals surface area contributed by atoms with Crippen LogP contribution in [0.2, 0.25) is 0 Å². The molecule has 10 nitrogen and oxygen atoms in total. The molecule has 2 aliphatic rings. The van der Waals surface area contributed by atoms with Crippen molar-refractivity contribution in [1.29, 1.82) is 0 Å². The zero-order valence-corrected chi connectivity index (χ0v) is 35.4. The molecule has 2 saturated carbocycles. The Morgan fingerprint density at radius 2 is 1.22 bits per heavy atom. The maximum Gasteiger partial charge on any atom is 0.283 e. The summed E-state index contributed by atoms with van der Waals surface area (Å²) in [4.78, 5) is 14.2. The number of sulfonamides is 1. The van der Waals surface area contributed by atoms with Gasteiger partial charge in [-0.25, -0.2) is 15.0 Å². The lowest BCUT2D eigenvalue weighted by Crippen LogP contribution is -2.26. The minimum atomic E-state index is -3.75. The third-order valence-corrected chi connectivity index (χ3v) is 13.2. The van der Waals surface area contributed by atoms with Crippen LogP contribution >= 0.6 is 0 Å². The summed E-state index contributed by atoms with van der Waals surface area (Å²) in [6.07, 6.45) is 15.0. The van der Waals surface area contributed by atoms with Gasteiger partial charge >= 0.3 is 0 Å². The summed E-state index contributed by atoms with van der Waals surface area (Å²) in [5.74, 6) is 4.43. The topological polar surface area (TPSA) is 103 Å². The van der Waals surface area contributed by atoms with E-state index in [4.69, 9.17) is 9.97 Å². The van der Waals surface area contributed by atoms with Crippen LogP contribution in [0, 0.1) is 18.8 Å². The highest BCUT2D eigenvalue weighted by Crippen LogP contribution is 2.35. The molecule has 0 aliphatic heterocycles. The third-order valence-electron chi connectivity index (χ3n) is 11.5. The summed E-state index contributed by atoms with van der Waals surface area (Å²) < 4.78 is 34.2. The van der Waals surface area contributed by atoms with Gasteiger partial charge in [-0.05, 0) is 80.8 Å². The predicted molar refractivity (Wildman–Crippen MR) is 223 cm³/mol. The molecule has 3 aromatic heterocycles. The van der Waals surface area contributed by atoms with E-state index in [9.17, 15) is 8.42 Å². The van der Waals surface area contributed by atoms with Gasteiger partial charge in [-0.2, -0.15) is 8.42 Å². The molecule has 0 atom stereocenters. The molecule has 2 aromatic carbocycles. The number of anilines is 2. The van der Waals surface area contributed by atoms with E-state index in [1.165, 1.54) is 79.9 Å². The molecule has 0 unspecified atom stereocenters. The fourth-order valence-electron chi connectivity index (χ4n) is 8.30. The highest BCUT2D eigenvalue weighted by Gasteiger charge is 2.29. The molecule has 0 amide bonds. The van der Waals surface area contributed by atoms with E-state index in [-0.39, 0.29) is 15.9 Å². The van der Waals surface area contributed by atoms with Gasteiger partial charge in [0, 0.05) is 56.9 Å². The average molecular weight is 757 g/mol. The average Bonchev–Trinajstić information content (AvgIpc) is 3.81. The van der Waals surface area contributed by atoms with Crippen molar-refractivity contribution in [3.63, 3.8) is 0 Å². The highest BCUT2D eigenvalue weighted by atomic mass is 32.2. The monoisotopic (exact) mass is 756 g/mol. The number of imidazole rings is 3. The largest absolute Gasteiger partial charge is 0.388 e. The molecule has 2 fully saturated rings. The number of aromatic nitrogens is 6. The first kappa shape index (κ1) is 39.8. The van der Waals surface area contributed by atoms with Crippen LogP contribution in [0.5, 0.6) is 0 Å². The molecule has 1 N–H and O–H groups in total. The number of benzene rings is 2. The van der Waals surface area contributed by atoms with Gasteiger partial charge in [0.05, 0.1) is 27.8 Å². The normalized spacial score (nSPS) is 16.5. The molecule has 7 rings (SSSR count). The van der Waals surface area contributed by atoms with Crippen molar-refractivity contribution in [2.45, 2.75) is 142 Å². The van der Waals surface area contributed by atoms with Crippen molar-refractivity contribution in [1.82, 2.24) is 28.7 Å². The SMILES string of the molecule is CNc1ccc2c(c1)nc(C(C)(C)C)n2CC1CCCCC1.Cc1nc(S(=O)(=O)N(C)c2ccc3c(c2)nc(C(C)(C)C)n3CC2CCCCC2)cn1C. The number of hydrogen-bond donors (Lipinski definition) is 1. The zero-order valence-electron chi connectivity index (χ0n) is 34.5. The van der Waals surface area contributed by atoms with E-state index in [1.54, 1.807) is 31.8 Å². The summed E-state index contributed by atoms with van der Waals surface area (Å²) in [5, 5.41) is 3.27. The number of hydrogen-bond acceptors (Lipinski definition) is 6. The second-order valence-corrected chi connectivity index (χ2v) is 19.9. The summed E-state index contributed by atoms with van der Waals surface area (Å²) in [7, 11) is 1.58.